The second-order valence-electron chi connectivity index (χ2n) is 4.16. The van der Waals surface area contributed by atoms with E-state index in [2.05, 4.69) is 0 Å². The van der Waals surface area contributed by atoms with Crippen molar-refractivity contribution in [2.24, 2.45) is 5.92 Å². The first-order valence-electron chi connectivity index (χ1n) is 4.61. The Hall–Kier alpha value is -1.40. The summed E-state index contributed by atoms with van der Waals surface area (Å²) in [7, 11) is 0. The molecule has 0 aromatic rings. The second-order valence-corrected chi connectivity index (χ2v) is 4.16. The topological polar surface area (TPSA) is 75.6 Å². The van der Waals surface area contributed by atoms with Crippen LogP contribution in [0.5, 0.6) is 0 Å². The van der Waals surface area contributed by atoms with Gasteiger partial charge in [-0.25, -0.2) is 13.6 Å². The van der Waals surface area contributed by atoms with E-state index >= 15 is 0 Å². The van der Waals surface area contributed by atoms with Gasteiger partial charge in [-0.3, -0.25) is 4.79 Å². The highest BCUT2D eigenvalue weighted by molar-refractivity contribution is 5.73. The number of aliphatic carboxylic acids is 1. The van der Waals surface area contributed by atoms with Gasteiger partial charge in [-0.2, -0.15) is 0 Å². The van der Waals surface area contributed by atoms with Gasteiger partial charge < -0.3 is 15.2 Å². The number of hydrogen-bond acceptors (Lipinski definition) is 3. The van der Waals surface area contributed by atoms with Gasteiger partial charge in [0.1, 0.15) is 11.5 Å². The lowest BCUT2D eigenvalue weighted by molar-refractivity contribution is -0.146. The molecule has 5 nitrogen and oxygen atoms in total. The molecule has 0 saturated heterocycles. The van der Waals surface area contributed by atoms with Crippen LogP contribution >= 0.6 is 0 Å². The number of nitrogens with one attached hydrogen (secondary N) is 1. The van der Waals surface area contributed by atoms with E-state index in [0.29, 0.717) is 0 Å². The molecule has 1 unspecified atom stereocenters. The van der Waals surface area contributed by atoms with Crippen molar-refractivity contribution in [2.75, 3.05) is 6.54 Å². The summed E-state index contributed by atoms with van der Waals surface area (Å²) in [6.45, 7) is 4.15. The number of alkyl carbamates (subject to hydrolysis) is 1. The summed E-state index contributed by atoms with van der Waals surface area (Å²) >= 11 is 0. The molecule has 0 aliphatic heterocycles. The van der Waals surface area contributed by atoms with Gasteiger partial charge in [0.15, 0.2) is 0 Å². The van der Waals surface area contributed by atoms with Crippen LogP contribution < -0.4 is 5.32 Å². The van der Waals surface area contributed by atoms with Crippen molar-refractivity contribution in [2.45, 2.75) is 32.8 Å². The fourth-order valence-corrected chi connectivity index (χ4v) is 0.792. The maximum atomic E-state index is 12.2. The monoisotopic (exact) mass is 239 g/mol. The van der Waals surface area contributed by atoms with Crippen molar-refractivity contribution < 1.29 is 28.2 Å². The molecule has 7 heteroatoms. The zero-order valence-electron chi connectivity index (χ0n) is 9.29. The predicted octanol–water partition coefficient (Wildman–Crippen LogP) is 1.48. The number of carbonyl (C=O) groups is 2. The summed E-state index contributed by atoms with van der Waals surface area (Å²) < 4.78 is 29.1. The van der Waals surface area contributed by atoms with E-state index in [9.17, 15) is 18.4 Å². The molecule has 1 atom stereocenters. The first kappa shape index (κ1) is 14.6. The number of carbonyl (C=O) groups excluding carboxylic acids is 1. The Morgan fingerprint density at radius 2 is 1.88 bits per heavy atom. The molecule has 0 aromatic carbocycles. The number of hydrogen-bond donors (Lipinski definition) is 2. The molecule has 0 bridgehead atoms. The lowest BCUT2D eigenvalue weighted by Gasteiger charge is -2.20. The quantitative estimate of drug-likeness (QED) is 0.779. The zero-order valence-corrected chi connectivity index (χ0v) is 9.29. The number of alkyl halides is 2. The summed E-state index contributed by atoms with van der Waals surface area (Å²) in [6.07, 6.45) is -3.95. The molecular weight excluding hydrogens is 224 g/mol. The minimum Gasteiger partial charge on any atom is -0.481 e. The van der Waals surface area contributed by atoms with E-state index < -0.39 is 36.6 Å². The van der Waals surface area contributed by atoms with Crippen molar-refractivity contribution in [1.82, 2.24) is 5.32 Å². The van der Waals surface area contributed by atoms with Crippen LogP contribution in [-0.2, 0) is 9.53 Å². The minimum atomic E-state index is -3.03. The number of ether oxygens (including phenoxy) is 1. The van der Waals surface area contributed by atoms with E-state index in [-0.39, 0.29) is 0 Å². The van der Waals surface area contributed by atoms with Crippen molar-refractivity contribution in [3.8, 4) is 0 Å². The number of carboxylic acids is 1. The third kappa shape index (κ3) is 6.15. The van der Waals surface area contributed by atoms with E-state index in [1.54, 1.807) is 20.8 Å². The van der Waals surface area contributed by atoms with E-state index in [0.717, 1.165) is 0 Å². The van der Waals surface area contributed by atoms with E-state index in [1.165, 1.54) is 0 Å². The average molecular weight is 239 g/mol. The Kier molecular flexibility index (Phi) is 5.13. The minimum absolute atomic E-state index is 0.665. The van der Waals surface area contributed by atoms with Crippen LogP contribution in [-0.4, -0.2) is 35.7 Å². The fourth-order valence-electron chi connectivity index (χ4n) is 0.792. The summed E-state index contributed by atoms with van der Waals surface area (Å²) in [5, 5.41) is 10.4. The van der Waals surface area contributed by atoms with Crippen LogP contribution in [0.3, 0.4) is 0 Å². The SMILES string of the molecule is CC(C)(C)OC(=O)NCC(C(=O)O)C(F)F. The first-order valence-corrected chi connectivity index (χ1v) is 4.61. The van der Waals surface area contributed by atoms with Crippen molar-refractivity contribution in [3.05, 3.63) is 0 Å². The molecule has 0 heterocycles. The van der Waals surface area contributed by atoms with Gasteiger partial charge >= 0.3 is 12.1 Å². The van der Waals surface area contributed by atoms with Crippen LogP contribution in [0.1, 0.15) is 20.8 Å². The smallest absolute Gasteiger partial charge is 0.407 e. The maximum Gasteiger partial charge on any atom is 0.407 e. The average Bonchev–Trinajstić information content (AvgIpc) is 1.98. The van der Waals surface area contributed by atoms with Crippen molar-refractivity contribution in [3.63, 3.8) is 0 Å². The van der Waals surface area contributed by atoms with Crippen molar-refractivity contribution >= 4 is 12.1 Å². The molecule has 0 spiro atoms. The Labute approximate surface area is 91.8 Å². The third-order valence-electron chi connectivity index (χ3n) is 1.49. The van der Waals surface area contributed by atoms with Gasteiger partial charge in [0.25, 0.3) is 6.43 Å². The number of rotatable bonds is 4. The number of halogens is 2. The molecule has 0 radical (unpaired) electrons. The second kappa shape index (κ2) is 5.62. The number of amides is 1. The largest absolute Gasteiger partial charge is 0.481 e. The summed E-state index contributed by atoms with van der Waals surface area (Å²) in [6, 6.07) is 0. The zero-order chi connectivity index (χ0) is 12.9. The Bertz CT molecular complexity index is 263. The van der Waals surface area contributed by atoms with Crippen molar-refractivity contribution in [1.29, 1.82) is 0 Å². The maximum absolute atomic E-state index is 12.2. The lowest BCUT2D eigenvalue weighted by Crippen LogP contribution is -2.39. The highest BCUT2D eigenvalue weighted by Gasteiger charge is 2.29. The standard InChI is InChI=1S/C9H15F2NO4/c1-9(2,3)16-8(15)12-4-5(6(10)11)7(13)14/h5-6H,4H2,1-3H3,(H,12,15)(H,13,14). The Balaban J connectivity index is 4.12. The third-order valence-corrected chi connectivity index (χ3v) is 1.49. The van der Waals surface area contributed by atoms with Gasteiger partial charge in [-0.1, -0.05) is 0 Å². The van der Waals surface area contributed by atoms with Gasteiger partial charge in [0.05, 0.1) is 0 Å². The lowest BCUT2D eigenvalue weighted by atomic mass is 10.1. The molecule has 0 fully saturated rings. The van der Waals surface area contributed by atoms with Crippen LogP contribution in [0.2, 0.25) is 0 Å². The molecule has 2 N–H and O–H groups in total. The Morgan fingerprint density at radius 3 is 2.19 bits per heavy atom. The van der Waals surface area contributed by atoms with E-state index in [1.807, 2.05) is 5.32 Å². The normalized spacial score (nSPS) is 13.4. The van der Waals surface area contributed by atoms with Gasteiger partial charge in [-0.15, -0.1) is 0 Å². The molecule has 94 valence electrons. The molecule has 0 aliphatic carbocycles. The summed E-state index contributed by atoms with van der Waals surface area (Å²) in [4.78, 5) is 21.4. The predicted molar refractivity (Wildman–Crippen MR) is 51.4 cm³/mol. The van der Waals surface area contributed by atoms with Gasteiger partial charge in [0.2, 0.25) is 0 Å². The Morgan fingerprint density at radius 1 is 1.38 bits per heavy atom. The molecule has 0 rings (SSSR count). The van der Waals surface area contributed by atoms with Crippen LogP contribution in [0.25, 0.3) is 0 Å². The van der Waals surface area contributed by atoms with Crippen LogP contribution in [0.15, 0.2) is 0 Å². The van der Waals surface area contributed by atoms with E-state index in [4.69, 9.17) is 9.84 Å². The fraction of sp³-hybridized carbons (Fsp3) is 0.778. The molecule has 0 aromatic heterocycles. The van der Waals surface area contributed by atoms with Gasteiger partial charge in [0, 0.05) is 6.54 Å². The first-order chi connectivity index (χ1) is 7.13. The summed E-state index contributed by atoms with van der Waals surface area (Å²) in [5.74, 6) is -3.58. The molecule has 1 amide bonds. The highest BCUT2D eigenvalue weighted by Crippen LogP contribution is 2.10. The van der Waals surface area contributed by atoms with Crippen LogP contribution in [0.4, 0.5) is 13.6 Å². The summed E-state index contributed by atoms with van der Waals surface area (Å²) in [5.41, 5.74) is -0.756. The number of carboxylic acid groups (broad SMARTS) is 1. The molecule has 16 heavy (non-hydrogen) atoms. The molecular formula is C9H15F2NO4. The molecule has 0 saturated carbocycles. The highest BCUT2D eigenvalue weighted by atomic mass is 19.3. The molecule has 0 aliphatic rings. The van der Waals surface area contributed by atoms with Gasteiger partial charge in [-0.05, 0) is 20.8 Å². The van der Waals surface area contributed by atoms with Crippen LogP contribution in [0, 0.1) is 5.92 Å².